The summed E-state index contributed by atoms with van der Waals surface area (Å²) in [5.41, 5.74) is 0.365. The SMILES string of the molecule is CC1CNC(C)(C2CC2)CN1Cc1cccs1. The molecule has 0 spiro atoms. The second-order valence-electron chi connectivity index (χ2n) is 5.91. The van der Waals surface area contributed by atoms with Crippen molar-refractivity contribution in [1.82, 2.24) is 10.2 Å². The minimum atomic E-state index is 0.365. The number of nitrogens with one attached hydrogen (secondary N) is 1. The summed E-state index contributed by atoms with van der Waals surface area (Å²) in [6, 6.07) is 5.07. The summed E-state index contributed by atoms with van der Waals surface area (Å²) in [6.07, 6.45) is 2.84. The van der Waals surface area contributed by atoms with Gasteiger partial charge in [0.25, 0.3) is 0 Å². The molecule has 1 aromatic heterocycles. The van der Waals surface area contributed by atoms with Gasteiger partial charge in [-0.3, -0.25) is 4.90 Å². The van der Waals surface area contributed by atoms with E-state index in [1.807, 2.05) is 11.3 Å². The first kappa shape index (κ1) is 11.7. The Morgan fingerprint density at radius 2 is 2.35 bits per heavy atom. The number of piperazine rings is 1. The zero-order valence-electron chi connectivity index (χ0n) is 10.8. The summed E-state index contributed by atoms with van der Waals surface area (Å²) in [5, 5.41) is 5.96. The van der Waals surface area contributed by atoms with Gasteiger partial charge in [-0.05, 0) is 44.1 Å². The van der Waals surface area contributed by atoms with Crippen LogP contribution in [0.15, 0.2) is 17.5 Å². The Hall–Kier alpha value is -0.380. The molecular weight excluding hydrogens is 228 g/mol. The molecule has 94 valence electrons. The van der Waals surface area contributed by atoms with Crippen LogP contribution in [0.25, 0.3) is 0 Å². The minimum absolute atomic E-state index is 0.365. The van der Waals surface area contributed by atoms with Crippen LogP contribution in [-0.4, -0.2) is 29.6 Å². The highest BCUT2D eigenvalue weighted by atomic mass is 32.1. The summed E-state index contributed by atoms with van der Waals surface area (Å²) >= 11 is 1.88. The molecule has 1 aliphatic heterocycles. The van der Waals surface area contributed by atoms with Gasteiger partial charge in [0.1, 0.15) is 0 Å². The topological polar surface area (TPSA) is 15.3 Å². The lowest BCUT2D eigenvalue weighted by atomic mass is 9.91. The highest BCUT2D eigenvalue weighted by molar-refractivity contribution is 7.09. The quantitative estimate of drug-likeness (QED) is 0.887. The van der Waals surface area contributed by atoms with Crippen LogP contribution in [0, 0.1) is 5.92 Å². The van der Waals surface area contributed by atoms with E-state index < -0.39 is 0 Å². The molecule has 2 atom stereocenters. The molecule has 2 unspecified atom stereocenters. The van der Waals surface area contributed by atoms with Crippen molar-refractivity contribution in [1.29, 1.82) is 0 Å². The van der Waals surface area contributed by atoms with E-state index in [-0.39, 0.29) is 0 Å². The molecule has 2 aliphatic rings. The van der Waals surface area contributed by atoms with Gasteiger partial charge in [-0.2, -0.15) is 0 Å². The molecule has 1 aliphatic carbocycles. The average molecular weight is 250 g/mol. The van der Waals surface area contributed by atoms with E-state index in [4.69, 9.17) is 0 Å². The Bertz CT molecular complexity index is 372. The molecule has 2 heterocycles. The lowest BCUT2D eigenvalue weighted by molar-refractivity contribution is 0.0779. The third-order valence-corrected chi connectivity index (χ3v) is 5.23. The zero-order chi connectivity index (χ0) is 11.9. The first-order chi connectivity index (χ1) is 8.17. The van der Waals surface area contributed by atoms with E-state index in [0.29, 0.717) is 11.6 Å². The number of rotatable bonds is 3. The smallest absolute Gasteiger partial charge is 0.0332 e. The van der Waals surface area contributed by atoms with E-state index in [0.717, 1.165) is 19.0 Å². The standard InChI is InChI=1S/C14H22N2S/c1-11-8-15-14(2,12-5-6-12)10-16(11)9-13-4-3-7-17-13/h3-4,7,11-12,15H,5-6,8-10H2,1-2H3. The van der Waals surface area contributed by atoms with Crippen LogP contribution in [0.4, 0.5) is 0 Å². The molecule has 0 bridgehead atoms. The van der Waals surface area contributed by atoms with Gasteiger partial charge >= 0.3 is 0 Å². The first-order valence-electron chi connectivity index (χ1n) is 6.69. The molecule has 3 heteroatoms. The normalized spacial score (nSPS) is 35.1. The lowest BCUT2D eigenvalue weighted by Crippen LogP contribution is -2.62. The summed E-state index contributed by atoms with van der Waals surface area (Å²) in [4.78, 5) is 4.15. The van der Waals surface area contributed by atoms with Gasteiger partial charge in [-0.15, -0.1) is 11.3 Å². The van der Waals surface area contributed by atoms with Crippen molar-refractivity contribution in [3.8, 4) is 0 Å². The molecule has 0 aromatic carbocycles. The first-order valence-corrected chi connectivity index (χ1v) is 7.57. The highest BCUT2D eigenvalue weighted by Crippen LogP contribution is 2.41. The van der Waals surface area contributed by atoms with Crippen LogP contribution in [0.5, 0.6) is 0 Å². The van der Waals surface area contributed by atoms with E-state index in [1.54, 1.807) is 0 Å². The van der Waals surface area contributed by atoms with Crippen LogP contribution in [0.2, 0.25) is 0 Å². The van der Waals surface area contributed by atoms with Crippen LogP contribution < -0.4 is 5.32 Å². The molecule has 17 heavy (non-hydrogen) atoms. The van der Waals surface area contributed by atoms with Crippen molar-refractivity contribution >= 4 is 11.3 Å². The fourth-order valence-electron chi connectivity index (χ4n) is 2.95. The molecular formula is C14H22N2S. The summed E-state index contributed by atoms with van der Waals surface area (Å²) in [5.74, 6) is 0.917. The largest absolute Gasteiger partial charge is 0.308 e. The molecule has 0 amide bonds. The molecule has 2 nitrogen and oxygen atoms in total. The van der Waals surface area contributed by atoms with Gasteiger partial charge in [-0.25, -0.2) is 0 Å². The third kappa shape index (κ3) is 2.42. The second-order valence-corrected chi connectivity index (χ2v) is 6.94. The lowest BCUT2D eigenvalue weighted by Gasteiger charge is -2.45. The van der Waals surface area contributed by atoms with Crippen LogP contribution in [0.3, 0.4) is 0 Å². The Morgan fingerprint density at radius 3 is 3.00 bits per heavy atom. The monoisotopic (exact) mass is 250 g/mol. The molecule has 1 N–H and O–H groups in total. The van der Waals surface area contributed by atoms with Gasteiger partial charge < -0.3 is 5.32 Å². The molecule has 1 saturated carbocycles. The maximum Gasteiger partial charge on any atom is 0.0332 e. The predicted molar refractivity (Wildman–Crippen MR) is 73.3 cm³/mol. The van der Waals surface area contributed by atoms with Crippen LogP contribution in [0.1, 0.15) is 31.6 Å². The van der Waals surface area contributed by atoms with Gasteiger partial charge in [0.05, 0.1) is 0 Å². The number of hydrogen-bond donors (Lipinski definition) is 1. The van der Waals surface area contributed by atoms with Crippen molar-refractivity contribution in [2.75, 3.05) is 13.1 Å². The van der Waals surface area contributed by atoms with Crippen LogP contribution in [-0.2, 0) is 6.54 Å². The second kappa shape index (κ2) is 4.38. The van der Waals surface area contributed by atoms with E-state index >= 15 is 0 Å². The van der Waals surface area contributed by atoms with Gasteiger partial charge in [0, 0.05) is 36.1 Å². The predicted octanol–water partition coefficient (Wildman–Crippen LogP) is 2.71. The average Bonchev–Trinajstić information content (AvgIpc) is 3.05. The van der Waals surface area contributed by atoms with Crippen molar-refractivity contribution in [3.05, 3.63) is 22.4 Å². The van der Waals surface area contributed by atoms with E-state index in [1.165, 1.54) is 24.3 Å². The van der Waals surface area contributed by atoms with Crippen molar-refractivity contribution in [2.24, 2.45) is 5.92 Å². The third-order valence-electron chi connectivity index (χ3n) is 4.37. The molecule has 1 saturated heterocycles. The Morgan fingerprint density at radius 1 is 1.53 bits per heavy atom. The van der Waals surface area contributed by atoms with Crippen molar-refractivity contribution in [3.63, 3.8) is 0 Å². The maximum absolute atomic E-state index is 3.78. The van der Waals surface area contributed by atoms with E-state index in [2.05, 4.69) is 41.6 Å². The summed E-state index contributed by atoms with van der Waals surface area (Å²) in [7, 11) is 0. The molecule has 3 rings (SSSR count). The Kier molecular flexibility index (Phi) is 3.01. The maximum atomic E-state index is 3.78. The Labute approximate surface area is 108 Å². The van der Waals surface area contributed by atoms with Crippen molar-refractivity contribution < 1.29 is 0 Å². The molecule has 2 fully saturated rings. The van der Waals surface area contributed by atoms with Gasteiger partial charge in [0.2, 0.25) is 0 Å². The molecule has 0 radical (unpaired) electrons. The fraction of sp³-hybridized carbons (Fsp3) is 0.714. The number of thiophene rings is 1. The van der Waals surface area contributed by atoms with Crippen molar-refractivity contribution in [2.45, 2.75) is 44.8 Å². The number of hydrogen-bond acceptors (Lipinski definition) is 3. The van der Waals surface area contributed by atoms with Gasteiger partial charge in [0.15, 0.2) is 0 Å². The number of nitrogens with zero attached hydrogens (tertiary/aromatic N) is 1. The summed E-state index contributed by atoms with van der Waals surface area (Å²) < 4.78 is 0. The van der Waals surface area contributed by atoms with E-state index in [9.17, 15) is 0 Å². The summed E-state index contributed by atoms with van der Waals surface area (Å²) in [6.45, 7) is 8.23. The minimum Gasteiger partial charge on any atom is -0.308 e. The Balaban J connectivity index is 1.69. The van der Waals surface area contributed by atoms with Gasteiger partial charge in [-0.1, -0.05) is 6.07 Å². The zero-order valence-corrected chi connectivity index (χ0v) is 11.6. The fourth-order valence-corrected chi connectivity index (χ4v) is 3.68. The molecule has 1 aromatic rings. The highest BCUT2D eigenvalue weighted by Gasteiger charge is 2.45. The van der Waals surface area contributed by atoms with Crippen LogP contribution >= 0.6 is 11.3 Å².